The van der Waals surface area contributed by atoms with Gasteiger partial charge in [-0.2, -0.15) is 0 Å². The molecule has 2 rings (SSSR count). The lowest BCUT2D eigenvalue weighted by Gasteiger charge is -2.28. The quantitative estimate of drug-likeness (QED) is 0.885. The average molecular weight is 271 g/mol. The van der Waals surface area contributed by atoms with Gasteiger partial charge >= 0.3 is 0 Å². The molecule has 0 radical (unpaired) electrons. The number of fused-ring (bicyclic) bond motifs is 1. The van der Waals surface area contributed by atoms with Gasteiger partial charge in [0.2, 0.25) is 0 Å². The van der Waals surface area contributed by atoms with Crippen LogP contribution in [0.1, 0.15) is 31.9 Å². The van der Waals surface area contributed by atoms with Crippen LogP contribution >= 0.6 is 23.1 Å². The predicted octanol–water partition coefficient (Wildman–Crippen LogP) is 3.55. The van der Waals surface area contributed by atoms with Gasteiger partial charge in [-0.05, 0) is 29.3 Å². The van der Waals surface area contributed by atoms with Gasteiger partial charge in [-0.25, -0.2) is 0 Å². The Kier molecular flexibility index (Phi) is 4.91. The fourth-order valence-electron chi connectivity index (χ4n) is 2.23. The Bertz CT molecular complexity index is 353. The molecule has 96 valence electrons. The first-order valence-corrected chi connectivity index (χ1v) is 7.93. The maximum absolute atomic E-state index is 5.18. The molecule has 0 amide bonds. The highest BCUT2D eigenvalue weighted by atomic mass is 32.2. The molecular formula is C13H21NOS2. The summed E-state index contributed by atoms with van der Waals surface area (Å²) in [5.41, 5.74) is 1.50. The largest absolute Gasteiger partial charge is 0.384 e. The Morgan fingerprint density at radius 3 is 3.18 bits per heavy atom. The zero-order valence-electron chi connectivity index (χ0n) is 10.7. The Balaban J connectivity index is 1.93. The van der Waals surface area contributed by atoms with Crippen molar-refractivity contribution in [3.05, 3.63) is 17.0 Å². The number of hydrogen-bond donors (Lipinski definition) is 1. The van der Waals surface area contributed by atoms with Crippen molar-refractivity contribution in [1.82, 2.24) is 5.32 Å². The lowest BCUT2D eigenvalue weighted by Crippen LogP contribution is -2.31. The molecule has 0 fully saturated rings. The maximum atomic E-state index is 5.18. The van der Waals surface area contributed by atoms with Crippen LogP contribution in [-0.2, 0) is 4.74 Å². The van der Waals surface area contributed by atoms with E-state index in [1.807, 2.05) is 23.1 Å². The van der Waals surface area contributed by atoms with Crippen LogP contribution in [0.5, 0.6) is 0 Å². The third kappa shape index (κ3) is 3.47. The second kappa shape index (κ2) is 6.23. The lowest BCUT2D eigenvalue weighted by molar-refractivity contribution is 0.156. The van der Waals surface area contributed by atoms with E-state index in [1.54, 1.807) is 7.11 Å². The van der Waals surface area contributed by atoms with Gasteiger partial charge < -0.3 is 10.1 Å². The zero-order chi connectivity index (χ0) is 12.3. The molecule has 0 aliphatic carbocycles. The summed E-state index contributed by atoms with van der Waals surface area (Å²) in [6.07, 6.45) is 1.23. The molecule has 1 aliphatic rings. The number of ether oxygens (including phenoxy) is 1. The van der Waals surface area contributed by atoms with Crippen LogP contribution in [0.3, 0.4) is 0 Å². The second-order valence-electron chi connectivity index (χ2n) is 4.85. The van der Waals surface area contributed by atoms with E-state index in [0.29, 0.717) is 12.0 Å². The SMILES string of the molecule is COCC(C)CNC1C[C@H](C)Sc2sccc21. The van der Waals surface area contributed by atoms with E-state index in [1.165, 1.54) is 16.2 Å². The van der Waals surface area contributed by atoms with Crippen LogP contribution in [0.25, 0.3) is 0 Å². The predicted molar refractivity (Wildman–Crippen MR) is 76.0 cm³/mol. The number of nitrogens with one attached hydrogen (secondary N) is 1. The molecule has 0 saturated carbocycles. The molecule has 1 N–H and O–H groups in total. The lowest BCUT2D eigenvalue weighted by atomic mass is 10.0. The van der Waals surface area contributed by atoms with Crippen molar-refractivity contribution in [2.24, 2.45) is 5.92 Å². The summed E-state index contributed by atoms with van der Waals surface area (Å²) in [6.45, 7) is 6.42. The summed E-state index contributed by atoms with van der Waals surface area (Å²) in [7, 11) is 1.77. The van der Waals surface area contributed by atoms with Crippen molar-refractivity contribution < 1.29 is 4.74 Å². The van der Waals surface area contributed by atoms with Gasteiger partial charge in [0.05, 0.1) is 4.21 Å². The summed E-state index contributed by atoms with van der Waals surface area (Å²) >= 11 is 3.90. The summed E-state index contributed by atoms with van der Waals surface area (Å²) < 4.78 is 6.68. The van der Waals surface area contributed by atoms with Gasteiger partial charge in [0.1, 0.15) is 0 Å². The fraction of sp³-hybridized carbons (Fsp3) is 0.692. The van der Waals surface area contributed by atoms with E-state index >= 15 is 0 Å². The van der Waals surface area contributed by atoms with Crippen molar-refractivity contribution in [3.63, 3.8) is 0 Å². The highest BCUT2D eigenvalue weighted by molar-refractivity contribution is 8.01. The van der Waals surface area contributed by atoms with Crippen molar-refractivity contribution in [2.75, 3.05) is 20.3 Å². The van der Waals surface area contributed by atoms with E-state index in [2.05, 4.69) is 30.6 Å². The third-order valence-electron chi connectivity index (χ3n) is 3.07. The molecule has 0 spiro atoms. The maximum Gasteiger partial charge on any atom is 0.0649 e. The van der Waals surface area contributed by atoms with E-state index in [0.717, 1.165) is 18.4 Å². The number of thiophene rings is 1. The minimum atomic E-state index is 0.534. The van der Waals surface area contributed by atoms with Crippen LogP contribution < -0.4 is 5.32 Å². The highest BCUT2D eigenvalue weighted by Gasteiger charge is 2.25. The van der Waals surface area contributed by atoms with E-state index in [4.69, 9.17) is 4.74 Å². The Morgan fingerprint density at radius 1 is 1.59 bits per heavy atom. The first kappa shape index (κ1) is 13.4. The van der Waals surface area contributed by atoms with Crippen LogP contribution in [0.4, 0.5) is 0 Å². The Morgan fingerprint density at radius 2 is 2.41 bits per heavy atom. The van der Waals surface area contributed by atoms with Crippen LogP contribution in [0.15, 0.2) is 15.7 Å². The smallest absolute Gasteiger partial charge is 0.0649 e. The van der Waals surface area contributed by atoms with E-state index in [-0.39, 0.29) is 0 Å². The Hall–Kier alpha value is -0.0300. The van der Waals surface area contributed by atoms with Crippen LogP contribution in [-0.4, -0.2) is 25.5 Å². The molecule has 4 heteroatoms. The van der Waals surface area contributed by atoms with Crippen LogP contribution in [0.2, 0.25) is 0 Å². The third-order valence-corrected chi connectivity index (χ3v) is 5.42. The fourth-order valence-corrected chi connectivity index (χ4v) is 4.80. The summed E-state index contributed by atoms with van der Waals surface area (Å²) in [5, 5.41) is 6.62. The number of methoxy groups -OCH3 is 1. The Labute approximate surface area is 112 Å². The molecule has 2 nitrogen and oxygen atoms in total. The first-order chi connectivity index (χ1) is 8.20. The number of thioether (sulfide) groups is 1. The van der Waals surface area contributed by atoms with Crippen molar-refractivity contribution in [3.8, 4) is 0 Å². The minimum Gasteiger partial charge on any atom is -0.384 e. The normalized spacial score (nSPS) is 25.6. The van der Waals surface area contributed by atoms with Gasteiger partial charge in [0, 0.05) is 31.6 Å². The monoisotopic (exact) mass is 271 g/mol. The van der Waals surface area contributed by atoms with E-state index < -0.39 is 0 Å². The number of hydrogen-bond acceptors (Lipinski definition) is 4. The second-order valence-corrected chi connectivity index (χ2v) is 7.47. The van der Waals surface area contributed by atoms with E-state index in [9.17, 15) is 0 Å². The van der Waals surface area contributed by atoms with Crippen molar-refractivity contribution in [2.45, 2.75) is 35.8 Å². The van der Waals surface area contributed by atoms with Gasteiger partial charge in [0.25, 0.3) is 0 Å². The molecule has 0 aromatic carbocycles. The molecule has 1 aliphatic heterocycles. The van der Waals surface area contributed by atoms with Gasteiger partial charge in [-0.1, -0.05) is 13.8 Å². The molecular weight excluding hydrogens is 250 g/mol. The molecule has 0 bridgehead atoms. The summed E-state index contributed by atoms with van der Waals surface area (Å²) in [4.78, 5) is 0. The molecule has 1 aromatic rings. The first-order valence-electron chi connectivity index (χ1n) is 6.17. The van der Waals surface area contributed by atoms with Gasteiger partial charge in [-0.15, -0.1) is 23.1 Å². The molecule has 2 heterocycles. The zero-order valence-corrected chi connectivity index (χ0v) is 12.4. The van der Waals surface area contributed by atoms with Crippen molar-refractivity contribution >= 4 is 23.1 Å². The van der Waals surface area contributed by atoms with Gasteiger partial charge in [0.15, 0.2) is 0 Å². The summed E-state index contributed by atoms with van der Waals surface area (Å²) in [6, 6.07) is 2.81. The standard InChI is InChI=1S/C13H21NOS2/c1-9(8-15-3)7-14-12-6-10(2)17-13-11(12)4-5-16-13/h4-5,9-10,12,14H,6-8H2,1-3H3/t9?,10-,12?/m0/s1. The van der Waals surface area contributed by atoms with Crippen molar-refractivity contribution in [1.29, 1.82) is 0 Å². The van der Waals surface area contributed by atoms with Crippen LogP contribution in [0, 0.1) is 5.92 Å². The van der Waals surface area contributed by atoms with Gasteiger partial charge in [-0.3, -0.25) is 0 Å². The highest BCUT2D eigenvalue weighted by Crippen LogP contribution is 2.43. The molecule has 1 aromatic heterocycles. The number of rotatable bonds is 5. The average Bonchev–Trinajstić information content (AvgIpc) is 2.74. The minimum absolute atomic E-state index is 0.534. The summed E-state index contributed by atoms with van der Waals surface area (Å²) in [5.74, 6) is 0.576. The molecule has 2 unspecified atom stereocenters. The molecule has 17 heavy (non-hydrogen) atoms. The molecule has 3 atom stereocenters. The molecule has 0 saturated heterocycles. The topological polar surface area (TPSA) is 21.3 Å².